The Labute approximate surface area is 96.0 Å². The molecule has 16 heavy (non-hydrogen) atoms. The Hall–Kier alpha value is -1.55. The fraction of sp³-hybridized carbons (Fsp3) is 0.417. The number of nitrogens with two attached hydrogens (primary N) is 2. The molecule has 0 aromatic heterocycles. The molecule has 1 rings (SSSR count). The van der Waals surface area contributed by atoms with Crippen LogP contribution in [0, 0.1) is 0 Å². The molecule has 0 atom stereocenters. The Morgan fingerprint density at radius 1 is 1.31 bits per heavy atom. The first kappa shape index (κ1) is 12.5. The number of amides is 1. The summed E-state index contributed by atoms with van der Waals surface area (Å²) in [6.45, 7) is 3.96. The molecule has 4 nitrogen and oxygen atoms in total. The SMILES string of the molecule is CC(C)(N)C(=O)NCCc1ccc(N)cc1. The molecule has 0 saturated carbocycles. The van der Waals surface area contributed by atoms with E-state index in [4.69, 9.17) is 11.5 Å². The van der Waals surface area contributed by atoms with Crippen LogP contribution in [0.3, 0.4) is 0 Å². The van der Waals surface area contributed by atoms with E-state index in [1.807, 2.05) is 24.3 Å². The van der Waals surface area contributed by atoms with Crippen molar-refractivity contribution in [3.8, 4) is 0 Å². The molecule has 0 heterocycles. The average Bonchev–Trinajstić information content (AvgIpc) is 2.19. The molecule has 5 N–H and O–H groups in total. The number of nitrogens with one attached hydrogen (secondary N) is 1. The number of benzene rings is 1. The van der Waals surface area contributed by atoms with Gasteiger partial charge in [0.05, 0.1) is 5.54 Å². The summed E-state index contributed by atoms with van der Waals surface area (Å²) in [6, 6.07) is 7.61. The predicted molar refractivity (Wildman–Crippen MR) is 65.8 cm³/mol. The van der Waals surface area contributed by atoms with Crippen LogP contribution in [0.15, 0.2) is 24.3 Å². The zero-order chi connectivity index (χ0) is 12.2. The Morgan fingerprint density at radius 2 is 1.88 bits per heavy atom. The summed E-state index contributed by atoms with van der Waals surface area (Å²) >= 11 is 0. The van der Waals surface area contributed by atoms with E-state index in [9.17, 15) is 4.79 Å². The van der Waals surface area contributed by atoms with Gasteiger partial charge >= 0.3 is 0 Å². The molecule has 88 valence electrons. The molecule has 0 spiro atoms. The molecule has 1 amide bonds. The van der Waals surface area contributed by atoms with E-state index in [0.717, 1.165) is 17.7 Å². The average molecular weight is 221 g/mol. The van der Waals surface area contributed by atoms with E-state index in [-0.39, 0.29) is 5.91 Å². The second-order valence-corrected chi connectivity index (χ2v) is 4.47. The zero-order valence-electron chi connectivity index (χ0n) is 9.79. The number of hydrogen-bond acceptors (Lipinski definition) is 3. The third-order valence-corrected chi connectivity index (χ3v) is 2.26. The lowest BCUT2D eigenvalue weighted by Gasteiger charge is -2.17. The van der Waals surface area contributed by atoms with Gasteiger partial charge in [-0.25, -0.2) is 0 Å². The monoisotopic (exact) mass is 221 g/mol. The van der Waals surface area contributed by atoms with Gasteiger partial charge < -0.3 is 16.8 Å². The molecule has 0 bridgehead atoms. The van der Waals surface area contributed by atoms with Gasteiger partial charge in [-0.1, -0.05) is 12.1 Å². The van der Waals surface area contributed by atoms with E-state index in [1.54, 1.807) is 13.8 Å². The quantitative estimate of drug-likeness (QED) is 0.653. The molecular formula is C12H19N3O. The van der Waals surface area contributed by atoms with Gasteiger partial charge in [-0.05, 0) is 38.0 Å². The number of hydrogen-bond donors (Lipinski definition) is 3. The van der Waals surface area contributed by atoms with Crippen molar-refractivity contribution in [3.63, 3.8) is 0 Å². The van der Waals surface area contributed by atoms with Gasteiger partial charge in [-0.15, -0.1) is 0 Å². The Bertz CT molecular complexity index is 352. The number of rotatable bonds is 4. The molecule has 1 aromatic rings. The topological polar surface area (TPSA) is 81.1 Å². The highest BCUT2D eigenvalue weighted by Gasteiger charge is 2.20. The standard InChI is InChI=1S/C12H19N3O/c1-12(2,14)11(16)15-8-7-9-3-5-10(13)6-4-9/h3-6H,7-8,13-14H2,1-2H3,(H,15,16). The highest BCUT2D eigenvalue weighted by Crippen LogP contribution is 2.05. The van der Waals surface area contributed by atoms with Gasteiger partial charge in [-0.3, -0.25) is 4.79 Å². The lowest BCUT2D eigenvalue weighted by atomic mass is 10.1. The molecular weight excluding hydrogens is 202 g/mol. The van der Waals surface area contributed by atoms with Gasteiger partial charge in [0.2, 0.25) is 5.91 Å². The van der Waals surface area contributed by atoms with Crippen molar-refractivity contribution in [2.75, 3.05) is 12.3 Å². The first-order valence-electron chi connectivity index (χ1n) is 5.31. The minimum Gasteiger partial charge on any atom is -0.399 e. The molecule has 0 fully saturated rings. The third kappa shape index (κ3) is 3.90. The Kier molecular flexibility index (Phi) is 3.90. The first-order chi connectivity index (χ1) is 7.39. The van der Waals surface area contributed by atoms with Crippen molar-refractivity contribution >= 4 is 11.6 Å². The fourth-order valence-electron chi connectivity index (χ4n) is 1.23. The summed E-state index contributed by atoms with van der Waals surface area (Å²) in [5.74, 6) is -0.136. The lowest BCUT2D eigenvalue weighted by molar-refractivity contribution is -0.125. The first-order valence-corrected chi connectivity index (χ1v) is 5.31. The molecule has 0 radical (unpaired) electrons. The van der Waals surface area contributed by atoms with Crippen molar-refractivity contribution in [2.24, 2.45) is 5.73 Å². The summed E-state index contributed by atoms with van der Waals surface area (Å²) < 4.78 is 0. The highest BCUT2D eigenvalue weighted by molar-refractivity contribution is 5.84. The maximum absolute atomic E-state index is 11.5. The third-order valence-electron chi connectivity index (χ3n) is 2.26. The zero-order valence-corrected chi connectivity index (χ0v) is 9.79. The van der Waals surface area contributed by atoms with Crippen molar-refractivity contribution in [1.29, 1.82) is 0 Å². The maximum atomic E-state index is 11.5. The fourth-order valence-corrected chi connectivity index (χ4v) is 1.23. The Balaban J connectivity index is 2.36. The van der Waals surface area contributed by atoms with Crippen molar-refractivity contribution in [2.45, 2.75) is 25.8 Å². The summed E-state index contributed by atoms with van der Waals surface area (Å²) in [7, 11) is 0. The van der Waals surface area contributed by atoms with E-state index < -0.39 is 5.54 Å². The van der Waals surface area contributed by atoms with E-state index in [2.05, 4.69) is 5.32 Å². The van der Waals surface area contributed by atoms with E-state index in [0.29, 0.717) is 6.54 Å². The molecule has 0 aliphatic heterocycles. The van der Waals surface area contributed by atoms with Crippen LogP contribution in [0.25, 0.3) is 0 Å². The van der Waals surface area contributed by atoms with Crippen LogP contribution in [-0.4, -0.2) is 18.0 Å². The largest absolute Gasteiger partial charge is 0.399 e. The number of carbonyl (C=O) groups excluding carboxylic acids is 1. The lowest BCUT2D eigenvalue weighted by Crippen LogP contribution is -2.49. The van der Waals surface area contributed by atoms with E-state index >= 15 is 0 Å². The summed E-state index contributed by atoms with van der Waals surface area (Å²) in [5.41, 5.74) is 12.3. The van der Waals surface area contributed by atoms with Gasteiger partial charge in [0, 0.05) is 12.2 Å². The van der Waals surface area contributed by atoms with Gasteiger partial charge in [0.25, 0.3) is 0 Å². The minimum atomic E-state index is -0.818. The second-order valence-electron chi connectivity index (χ2n) is 4.47. The summed E-state index contributed by atoms with van der Waals surface area (Å²) in [4.78, 5) is 11.5. The van der Waals surface area contributed by atoms with Crippen LogP contribution in [0.1, 0.15) is 19.4 Å². The van der Waals surface area contributed by atoms with Crippen LogP contribution in [-0.2, 0) is 11.2 Å². The van der Waals surface area contributed by atoms with Gasteiger partial charge in [0.1, 0.15) is 0 Å². The normalized spacial score (nSPS) is 11.2. The number of nitrogen functional groups attached to an aromatic ring is 1. The molecule has 0 aliphatic carbocycles. The van der Waals surface area contributed by atoms with Crippen LogP contribution < -0.4 is 16.8 Å². The molecule has 0 unspecified atom stereocenters. The predicted octanol–water partition coefficient (Wildman–Crippen LogP) is 0.665. The number of anilines is 1. The smallest absolute Gasteiger partial charge is 0.239 e. The molecule has 1 aromatic carbocycles. The van der Waals surface area contributed by atoms with Gasteiger partial charge in [0.15, 0.2) is 0 Å². The van der Waals surface area contributed by atoms with Crippen molar-refractivity contribution in [3.05, 3.63) is 29.8 Å². The van der Waals surface area contributed by atoms with Crippen LogP contribution in [0.4, 0.5) is 5.69 Å². The van der Waals surface area contributed by atoms with Crippen LogP contribution >= 0.6 is 0 Å². The minimum absolute atomic E-state index is 0.136. The number of carbonyl (C=O) groups is 1. The van der Waals surface area contributed by atoms with Crippen molar-refractivity contribution in [1.82, 2.24) is 5.32 Å². The summed E-state index contributed by atoms with van der Waals surface area (Å²) in [5, 5.41) is 2.79. The maximum Gasteiger partial charge on any atom is 0.239 e. The van der Waals surface area contributed by atoms with Crippen molar-refractivity contribution < 1.29 is 4.79 Å². The highest BCUT2D eigenvalue weighted by atomic mass is 16.2. The van der Waals surface area contributed by atoms with Crippen LogP contribution in [0.5, 0.6) is 0 Å². The molecule has 4 heteroatoms. The molecule has 0 aliphatic rings. The Morgan fingerprint density at radius 3 is 2.38 bits per heavy atom. The second kappa shape index (κ2) is 4.99. The summed E-state index contributed by atoms with van der Waals surface area (Å²) in [6.07, 6.45) is 0.780. The van der Waals surface area contributed by atoms with Crippen LogP contribution in [0.2, 0.25) is 0 Å². The van der Waals surface area contributed by atoms with Gasteiger partial charge in [-0.2, -0.15) is 0 Å². The van der Waals surface area contributed by atoms with E-state index in [1.165, 1.54) is 0 Å². The molecule has 0 saturated heterocycles.